The van der Waals surface area contributed by atoms with Crippen molar-refractivity contribution >= 4 is 11.8 Å². The van der Waals surface area contributed by atoms with Gasteiger partial charge in [-0.2, -0.15) is 0 Å². The first-order valence-electron chi connectivity index (χ1n) is 14.4. The summed E-state index contributed by atoms with van der Waals surface area (Å²) in [7, 11) is 0. The summed E-state index contributed by atoms with van der Waals surface area (Å²) in [6.45, 7) is 14.5. The average molecular weight is 507 g/mol. The third kappa shape index (κ3) is 4.09. The highest BCUT2D eigenvalue weighted by Gasteiger charge is 2.70. The van der Waals surface area contributed by atoms with Gasteiger partial charge >= 0.3 is 5.97 Å². The molecule has 0 aromatic rings. The van der Waals surface area contributed by atoms with Crippen molar-refractivity contribution in [3.8, 4) is 0 Å². The highest BCUT2D eigenvalue weighted by atomic mass is 16.6. The van der Waals surface area contributed by atoms with Crippen molar-refractivity contribution < 1.29 is 29.6 Å². The van der Waals surface area contributed by atoms with Crippen LogP contribution in [0.2, 0.25) is 0 Å². The standard InChI is InChI=1S/C30H50O6/c1-17(8-9-18(2)27(4,5)36-19(3)31)21-10-11-22-20-16-25(33)30(35)26(34)24(32)13-15-29(30,7)23(20)12-14-28(21,22)6/h17-18,20-24,26,32,34-35H,8-16H2,1-7H3/t17-,18+,20+,21-,22+,23+,24+,26+,28-,29-,30+/m1/s1. The van der Waals surface area contributed by atoms with Crippen molar-refractivity contribution in [3.05, 3.63) is 0 Å². The molecule has 206 valence electrons. The minimum Gasteiger partial charge on any atom is -0.460 e. The molecule has 6 heteroatoms. The van der Waals surface area contributed by atoms with Crippen LogP contribution >= 0.6 is 0 Å². The van der Waals surface area contributed by atoms with E-state index in [1.807, 2.05) is 20.8 Å². The summed E-state index contributed by atoms with van der Waals surface area (Å²) < 4.78 is 5.58. The maximum absolute atomic E-state index is 13.5. The molecule has 4 aliphatic carbocycles. The maximum Gasteiger partial charge on any atom is 0.303 e. The molecule has 0 bridgehead atoms. The maximum atomic E-state index is 13.5. The van der Waals surface area contributed by atoms with Gasteiger partial charge in [0.25, 0.3) is 0 Å². The number of esters is 1. The van der Waals surface area contributed by atoms with Crippen molar-refractivity contribution in [1.82, 2.24) is 0 Å². The Morgan fingerprint density at radius 1 is 1.06 bits per heavy atom. The summed E-state index contributed by atoms with van der Waals surface area (Å²) in [6.07, 6.45) is 5.32. The van der Waals surface area contributed by atoms with Crippen LogP contribution in [0, 0.1) is 46.3 Å². The predicted octanol–water partition coefficient (Wildman–Crippen LogP) is 4.67. The summed E-state index contributed by atoms with van der Waals surface area (Å²) in [6, 6.07) is 0. The Bertz CT molecular complexity index is 870. The summed E-state index contributed by atoms with van der Waals surface area (Å²) in [5.74, 6) is 1.80. The molecule has 11 atom stereocenters. The van der Waals surface area contributed by atoms with E-state index in [-0.39, 0.29) is 34.9 Å². The van der Waals surface area contributed by atoms with Crippen LogP contribution in [0.3, 0.4) is 0 Å². The fourth-order valence-corrected chi connectivity index (χ4v) is 9.60. The lowest BCUT2D eigenvalue weighted by Crippen LogP contribution is -2.73. The second-order valence-corrected chi connectivity index (χ2v) is 14.1. The number of hydrogen-bond acceptors (Lipinski definition) is 6. The molecular formula is C30H50O6. The van der Waals surface area contributed by atoms with Crippen molar-refractivity contribution in [2.75, 3.05) is 0 Å². The van der Waals surface area contributed by atoms with E-state index in [0.29, 0.717) is 37.0 Å². The Morgan fingerprint density at radius 3 is 2.36 bits per heavy atom. The molecule has 4 fully saturated rings. The molecular weight excluding hydrogens is 456 g/mol. The van der Waals surface area contributed by atoms with Gasteiger partial charge in [0.15, 0.2) is 11.4 Å². The van der Waals surface area contributed by atoms with Crippen LogP contribution in [0.15, 0.2) is 0 Å². The van der Waals surface area contributed by atoms with Gasteiger partial charge in [-0.3, -0.25) is 9.59 Å². The molecule has 0 unspecified atom stereocenters. The number of ketones is 1. The first-order chi connectivity index (χ1) is 16.6. The van der Waals surface area contributed by atoms with Crippen molar-refractivity contribution in [2.24, 2.45) is 46.3 Å². The fraction of sp³-hybridized carbons (Fsp3) is 0.933. The van der Waals surface area contributed by atoms with Gasteiger partial charge in [0.1, 0.15) is 11.7 Å². The summed E-state index contributed by atoms with van der Waals surface area (Å²) in [5, 5.41) is 32.7. The molecule has 0 aliphatic heterocycles. The number of rotatable bonds is 6. The molecule has 4 aliphatic rings. The van der Waals surface area contributed by atoms with E-state index in [4.69, 9.17) is 4.74 Å². The first-order valence-corrected chi connectivity index (χ1v) is 14.4. The molecule has 6 nitrogen and oxygen atoms in total. The van der Waals surface area contributed by atoms with Gasteiger partial charge in [0.05, 0.1) is 6.10 Å². The number of hydrogen-bond donors (Lipinski definition) is 3. The van der Waals surface area contributed by atoms with Gasteiger partial charge in [0.2, 0.25) is 0 Å². The molecule has 0 saturated heterocycles. The van der Waals surface area contributed by atoms with Crippen molar-refractivity contribution in [2.45, 2.75) is 130 Å². The van der Waals surface area contributed by atoms with Gasteiger partial charge in [-0.25, -0.2) is 0 Å². The smallest absolute Gasteiger partial charge is 0.303 e. The molecule has 36 heavy (non-hydrogen) atoms. The number of aliphatic hydroxyl groups is 3. The number of ether oxygens (including phenoxy) is 1. The third-order valence-electron chi connectivity index (χ3n) is 12.1. The molecule has 0 spiro atoms. The van der Waals surface area contributed by atoms with Crippen LogP contribution < -0.4 is 0 Å². The molecule has 4 rings (SSSR count). The van der Waals surface area contributed by atoms with E-state index < -0.39 is 28.8 Å². The zero-order valence-electron chi connectivity index (χ0n) is 23.5. The second kappa shape index (κ2) is 9.34. The van der Waals surface area contributed by atoms with Crippen LogP contribution in [0.25, 0.3) is 0 Å². The lowest BCUT2D eigenvalue weighted by molar-refractivity contribution is -0.250. The predicted molar refractivity (Wildman–Crippen MR) is 138 cm³/mol. The van der Waals surface area contributed by atoms with Crippen LogP contribution in [0.5, 0.6) is 0 Å². The lowest BCUT2D eigenvalue weighted by Gasteiger charge is -2.64. The Kier molecular flexibility index (Phi) is 7.27. The summed E-state index contributed by atoms with van der Waals surface area (Å²) >= 11 is 0. The molecule has 4 saturated carbocycles. The number of Topliss-reactive ketones (excluding diaryl/α,β-unsaturated/α-hetero) is 1. The van der Waals surface area contributed by atoms with Gasteiger partial charge in [-0.05, 0) is 99.7 Å². The van der Waals surface area contributed by atoms with Crippen LogP contribution in [0.1, 0.15) is 106 Å². The average Bonchev–Trinajstić information content (AvgIpc) is 3.14. The van der Waals surface area contributed by atoms with Crippen molar-refractivity contribution in [3.63, 3.8) is 0 Å². The van der Waals surface area contributed by atoms with Gasteiger partial charge in [0, 0.05) is 18.8 Å². The zero-order valence-corrected chi connectivity index (χ0v) is 23.5. The fourth-order valence-electron chi connectivity index (χ4n) is 9.60. The molecule has 3 N–H and O–H groups in total. The van der Waals surface area contributed by atoms with E-state index in [0.717, 1.165) is 32.1 Å². The van der Waals surface area contributed by atoms with E-state index in [1.165, 1.54) is 13.3 Å². The van der Waals surface area contributed by atoms with Crippen LogP contribution in [-0.4, -0.2) is 50.5 Å². The van der Waals surface area contributed by atoms with E-state index in [1.54, 1.807) is 0 Å². The van der Waals surface area contributed by atoms with Gasteiger partial charge in [-0.15, -0.1) is 0 Å². The number of carbonyl (C=O) groups is 2. The minimum atomic E-state index is -1.84. The Morgan fingerprint density at radius 2 is 1.72 bits per heavy atom. The van der Waals surface area contributed by atoms with Gasteiger partial charge in [-0.1, -0.05) is 34.1 Å². The Balaban J connectivity index is 1.49. The highest BCUT2D eigenvalue weighted by molar-refractivity contribution is 5.90. The number of aliphatic hydroxyl groups excluding tert-OH is 2. The minimum absolute atomic E-state index is 0.175. The topological polar surface area (TPSA) is 104 Å². The Hall–Kier alpha value is -0.980. The van der Waals surface area contributed by atoms with Crippen LogP contribution in [0.4, 0.5) is 0 Å². The Labute approximate surface area is 217 Å². The SMILES string of the molecule is CC(=O)OC(C)(C)[C@@H](C)CC[C@@H](C)[C@H]1CC[C@H]2[C@@H]3CC(=O)[C@]4(O)[C@@H](O)[C@@H](O)CC[C@]4(C)[C@H]3CC[C@]12C. The van der Waals surface area contributed by atoms with Crippen molar-refractivity contribution in [1.29, 1.82) is 0 Å². The van der Waals surface area contributed by atoms with E-state index >= 15 is 0 Å². The summed E-state index contributed by atoms with van der Waals surface area (Å²) in [5.41, 5.74) is -2.82. The normalized spacial score (nSPS) is 46.3. The lowest BCUT2D eigenvalue weighted by atomic mass is 9.42. The van der Waals surface area contributed by atoms with Gasteiger partial charge < -0.3 is 20.1 Å². The molecule has 0 aromatic heterocycles. The highest BCUT2D eigenvalue weighted by Crippen LogP contribution is 2.68. The quantitative estimate of drug-likeness (QED) is 0.453. The first kappa shape index (κ1) is 28.0. The second-order valence-electron chi connectivity index (χ2n) is 14.1. The molecule has 0 radical (unpaired) electrons. The summed E-state index contributed by atoms with van der Waals surface area (Å²) in [4.78, 5) is 25.0. The van der Waals surface area contributed by atoms with E-state index in [2.05, 4.69) is 20.8 Å². The zero-order chi connectivity index (χ0) is 26.8. The molecule has 0 aromatic carbocycles. The third-order valence-corrected chi connectivity index (χ3v) is 12.1. The van der Waals surface area contributed by atoms with Crippen LogP contribution in [-0.2, 0) is 14.3 Å². The molecule has 0 heterocycles. The number of carbonyl (C=O) groups excluding carboxylic acids is 2. The molecule has 0 amide bonds. The monoisotopic (exact) mass is 506 g/mol. The van der Waals surface area contributed by atoms with E-state index in [9.17, 15) is 24.9 Å². The largest absolute Gasteiger partial charge is 0.460 e. The number of fused-ring (bicyclic) bond motifs is 5.